The molecule has 1 aliphatic carbocycles. The van der Waals surface area contributed by atoms with Crippen molar-refractivity contribution in [3.63, 3.8) is 0 Å². The summed E-state index contributed by atoms with van der Waals surface area (Å²) in [7, 11) is 4.02. The molecule has 3 aromatic rings. The van der Waals surface area contributed by atoms with E-state index < -0.39 is 11.4 Å². The highest BCUT2D eigenvalue weighted by Crippen LogP contribution is 2.41. The van der Waals surface area contributed by atoms with Gasteiger partial charge in [0.1, 0.15) is 17.8 Å². The number of carboxylic acids is 1. The molecule has 0 aliphatic heterocycles. The number of benzene rings is 2. The van der Waals surface area contributed by atoms with Gasteiger partial charge >= 0.3 is 5.97 Å². The van der Waals surface area contributed by atoms with E-state index in [2.05, 4.69) is 33.8 Å². The molecule has 0 unspecified atom stereocenters. The zero-order valence-electron chi connectivity index (χ0n) is 17.7. The molecule has 6 heteroatoms. The number of hydrogen-bond donors (Lipinski definition) is 1. The summed E-state index contributed by atoms with van der Waals surface area (Å²) >= 11 is 0. The first kappa shape index (κ1) is 20.3. The normalized spacial score (nSPS) is 15.0. The summed E-state index contributed by atoms with van der Waals surface area (Å²) in [5, 5.41) is 11.7. The first-order chi connectivity index (χ1) is 14.5. The molecule has 4 rings (SSSR count). The van der Waals surface area contributed by atoms with Crippen molar-refractivity contribution in [3.8, 4) is 5.75 Å². The molecule has 0 atom stereocenters. The van der Waals surface area contributed by atoms with E-state index in [1.165, 1.54) is 10.9 Å². The number of carbonyl (C=O) groups is 1. The average Bonchev–Trinajstić information content (AvgIpc) is 3.16. The molecule has 1 aliphatic rings. The SMILES string of the molecule is CN(C)c1nccn1CCCc1ccc2cc(OCC3(C(=O)O)CCC3)ccc2c1. The third-order valence-corrected chi connectivity index (χ3v) is 6.11. The van der Waals surface area contributed by atoms with Crippen molar-refractivity contribution in [3.05, 3.63) is 54.4 Å². The van der Waals surface area contributed by atoms with Crippen LogP contribution in [0.2, 0.25) is 0 Å². The smallest absolute Gasteiger partial charge is 0.313 e. The van der Waals surface area contributed by atoms with Crippen LogP contribution in [0.5, 0.6) is 5.75 Å². The molecule has 0 amide bonds. The molecule has 2 aromatic carbocycles. The molecule has 0 bridgehead atoms. The molecular weight excluding hydrogens is 378 g/mol. The molecular formula is C24H29N3O3. The van der Waals surface area contributed by atoms with Gasteiger partial charge in [0.15, 0.2) is 0 Å². The Morgan fingerprint density at radius 2 is 1.97 bits per heavy atom. The van der Waals surface area contributed by atoms with E-state index >= 15 is 0 Å². The highest BCUT2D eigenvalue weighted by atomic mass is 16.5. The zero-order valence-corrected chi connectivity index (χ0v) is 17.7. The maximum Gasteiger partial charge on any atom is 0.313 e. The number of hydrogen-bond acceptors (Lipinski definition) is 4. The molecule has 0 radical (unpaired) electrons. The predicted octanol–water partition coefficient (Wildman–Crippen LogP) is 4.37. The number of aliphatic carboxylic acids is 1. The second-order valence-electron chi connectivity index (χ2n) is 8.49. The zero-order chi connectivity index (χ0) is 21.1. The summed E-state index contributed by atoms with van der Waals surface area (Å²) < 4.78 is 8.03. The summed E-state index contributed by atoms with van der Waals surface area (Å²) in [6.45, 7) is 1.18. The lowest BCUT2D eigenvalue weighted by molar-refractivity contribution is -0.157. The van der Waals surface area contributed by atoms with Gasteiger partial charge in [0.05, 0.1) is 0 Å². The maximum atomic E-state index is 11.5. The summed E-state index contributed by atoms with van der Waals surface area (Å²) in [4.78, 5) is 17.9. The van der Waals surface area contributed by atoms with E-state index in [1.807, 2.05) is 43.5 Å². The highest BCUT2D eigenvalue weighted by Gasteiger charge is 2.45. The van der Waals surface area contributed by atoms with Crippen LogP contribution in [0.4, 0.5) is 5.95 Å². The van der Waals surface area contributed by atoms with E-state index in [-0.39, 0.29) is 6.61 Å². The molecule has 30 heavy (non-hydrogen) atoms. The first-order valence-electron chi connectivity index (χ1n) is 10.5. The van der Waals surface area contributed by atoms with E-state index in [4.69, 9.17) is 4.74 Å². The Kier molecular flexibility index (Phi) is 5.66. The topological polar surface area (TPSA) is 67.6 Å². The highest BCUT2D eigenvalue weighted by molar-refractivity contribution is 5.84. The number of ether oxygens (including phenoxy) is 1. The fourth-order valence-corrected chi connectivity index (χ4v) is 4.09. The van der Waals surface area contributed by atoms with Crippen LogP contribution in [-0.2, 0) is 17.8 Å². The number of nitrogens with zero attached hydrogens (tertiary/aromatic N) is 3. The monoisotopic (exact) mass is 407 g/mol. The Balaban J connectivity index is 1.37. The summed E-state index contributed by atoms with van der Waals surface area (Å²) in [5.41, 5.74) is 0.613. The van der Waals surface area contributed by atoms with Gasteiger partial charge in [-0.2, -0.15) is 0 Å². The van der Waals surface area contributed by atoms with Crippen LogP contribution in [0.25, 0.3) is 10.8 Å². The van der Waals surface area contributed by atoms with Crippen molar-refractivity contribution in [2.75, 3.05) is 25.6 Å². The van der Waals surface area contributed by atoms with Gasteiger partial charge in [-0.25, -0.2) is 4.98 Å². The number of imidazole rings is 1. The Labute approximate surface area is 177 Å². The van der Waals surface area contributed by atoms with Gasteiger partial charge in [0.2, 0.25) is 5.95 Å². The van der Waals surface area contributed by atoms with Gasteiger partial charge < -0.3 is 19.3 Å². The van der Waals surface area contributed by atoms with Gasteiger partial charge in [-0.05, 0) is 54.2 Å². The van der Waals surface area contributed by atoms with Crippen molar-refractivity contribution in [2.45, 2.75) is 38.6 Å². The van der Waals surface area contributed by atoms with E-state index in [1.54, 1.807) is 0 Å². The van der Waals surface area contributed by atoms with Gasteiger partial charge in [-0.1, -0.05) is 30.7 Å². The second kappa shape index (κ2) is 8.38. The Hall–Kier alpha value is -3.02. The van der Waals surface area contributed by atoms with Crippen molar-refractivity contribution >= 4 is 22.7 Å². The quantitative estimate of drug-likeness (QED) is 0.571. The minimum absolute atomic E-state index is 0.245. The fraction of sp³-hybridized carbons (Fsp3) is 0.417. The van der Waals surface area contributed by atoms with Crippen LogP contribution in [0.1, 0.15) is 31.2 Å². The Morgan fingerprint density at radius 1 is 1.20 bits per heavy atom. The summed E-state index contributed by atoms with van der Waals surface area (Å²) in [6, 6.07) is 12.5. The van der Waals surface area contributed by atoms with Crippen LogP contribution in [0.15, 0.2) is 48.8 Å². The van der Waals surface area contributed by atoms with Gasteiger partial charge in [0, 0.05) is 33.0 Å². The lowest BCUT2D eigenvalue weighted by Gasteiger charge is -2.37. The molecule has 0 spiro atoms. The molecule has 1 fully saturated rings. The number of rotatable bonds is 9. The van der Waals surface area contributed by atoms with Crippen molar-refractivity contribution in [2.24, 2.45) is 5.41 Å². The Bertz CT molecular complexity index is 1040. The van der Waals surface area contributed by atoms with Crippen LogP contribution < -0.4 is 9.64 Å². The number of aromatic nitrogens is 2. The first-order valence-corrected chi connectivity index (χ1v) is 10.5. The third-order valence-electron chi connectivity index (χ3n) is 6.11. The van der Waals surface area contributed by atoms with Gasteiger partial charge in [0.25, 0.3) is 0 Å². The molecule has 6 nitrogen and oxygen atoms in total. The fourth-order valence-electron chi connectivity index (χ4n) is 4.09. The molecule has 1 N–H and O–H groups in total. The lowest BCUT2D eigenvalue weighted by Crippen LogP contribution is -2.43. The second-order valence-corrected chi connectivity index (χ2v) is 8.49. The van der Waals surface area contributed by atoms with Crippen LogP contribution in [0.3, 0.4) is 0 Å². The third kappa shape index (κ3) is 4.13. The van der Waals surface area contributed by atoms with Crippen molar-refractivity contribution < 1.29 is 14.6 Å². The van der Waals surface area contributed by atoms with Crippen LogP contribution >= 0.6 is 0 Å². The number of fused-ring (bicyclic) bond motifs is 1. The van der Waals surface area contributed by atoms with Crippen molar-refractivity contribution in [1.82, 2.24) is 9.55 Å². The average molecular weight is 408 g/mol. The predicted molar refractivity (Wildman–Crippen MR) is 118 cm³/mol. The number of aryl methyl sites for hydroxylation is 2. The Morgan fingerprint density at radius 3 is 2.67 bits per heavy atom. The number of carboxylic acid groups (broad SMARTS) is 1. The maximum absolute atomic E-state index is 11.5. The minimum atomic E-state index is -0.743. The molecule has 158 valence electrons. The van der Waals surface area contributed by atoms with Crippen LogP contribution in [-0.4, -0.2) is 41.3 Å². The van der Waals surface area contributed by atoms with E-state index in [9.17, 15) is 9.90 Å². The summed E-state index contributed by atoms with van der Waals surface area (Å²) in [6.07, 6.45) is 8.28. The van der Waals surface area contributed by atoms with Crippen LogP contribution in [0, 0.1) is 5.41 Å². The summed E-state index contributed by atoms with van der Waals surface area (Å²) in [5.74, 6) is 0.972. The van der Waals surface area contributed by atoms with E-state index in [0.29, 0.717) is 12.8 Å². The molecule has 1 saturated carbocycles. The van der Waals surface area contributed by atoms with Gasteiger partial charge in [-0.3, -0.25) is 4.79 Å². The molecule has 1 heterocycles. The standard InChI is InChI=1S/C24H29N3O3/c1-26(2)23-25-12-14-27(23)13-3-5-18-6-7-20-16-21(9-8-19(20)15-18)30-17-24(22(28)29)10-4-11-24/h6-9,12,14-16H,3-5,10-11,13,17H2,1-2H3,(H,28,29). The van der Waals surface area contributed by atoms with Gasteiger partial charge in [-0.15, -0.1) is 0 Å². The van der Waals surface area contributed by atoms with Crippen molar-refractivity contribution in [1.29, 1.82) is 0 Å². The molecule has 1 aromatic heterocycles. The largest absolute Gasteiger partial charge is 0.492 e. The lowest BCUT2D eigenvalue weighted by atomic mass is 9.69. The van der Waals surface area contributed by atoms with E-state index in [0.717, 1.165) is 42.9 Å². The molecule has 0 saturated heterocycles. The number of anilines is 1. The minimum Gasteiger partial charge on any atom is -0.492 e.